The molecule has 1 N–H and O–H groups in total. The first-order chi connectivity index (χ1) is 9.24. The first-order valence-corrected chi connectivity index (χ1v) is 7.27. The molecule has 0 radical (unpaired) electrons. The molecular weight excluding hydrogens is 274 g/mol. The van der Waals surface area contributed by atoms with Crippen LogP contribution in [0.2, 0.25) is 0 Å². The summed E-state index contributed by atoms with van der Waals surface area (Å²) in [6.45, 7) is 2.72. The number of aromatic amines is 1. The van der Waals surface area contributed by atoms with Crippen LogP contribution in [-0.4, -0.2) is 14.5 Å². The molecule has 5 heteroatoms. The molecule has 0 unspecified atom stereocenters. The van der Waals surface area contributed by atoms with Crippen molar-refractivity contribution in [2.75, 3.05) is 0 Å². The van der Waals surface area contributed by atoms with Crippen molar-refractivity contribution in [3.63, 3.8) is 0 Å². The van der Waals surface area contributed by atoms with Gasteiger partial charge in [0.05, 0.1) is 22.9 Å². The second-order valence-corrected chi connectivity index (χ2v) is 5.74. The van der Waals surface area contributed by atoms with Crippen molar-refractivity contribution in [3.05, 3.63) is 57.4 Å². The van der Waals surface area contributed by atoms with Gasteiger partial charge in [0.15, 0.2) is 4.77 Å². The second kappa shape index (κ2) is 5.11. The fraction of sp³-hybridized carbons (Fsp3) is 0.143. The van der Waals surface area contributed by atoms with Crippen molar-refractivity contribution >= 4 is 23.6 Å². The van der Waals surface area contributed by atoms with E-state index in [1.807, 2.05) is 31.3 Å². The van der Waals surface area contributed by atoms with E-state index < -0.39 is 0 Å². The highest BCUT2D eigenvalue weighted by Gasteiger charge is 2.08. The molecule has 0 fully saturated rings. The summed E-state index contributed by atoms with van der Waals surface area (Å²) in [4.78, 5) is 7.62. The predicted octanol–water partition coefficient (Wildman–Crippen LogP) is 4.03. The van der Waals surface area contributed by atoms with Crippen LogP contribution in [0.1, 0.15) is 10.7 Å². The Kier molecular flexibility index (Phi) is 3.31. The summed E-state index contributed by atoms with van der Waals surface area (Å²) in [6, 6.07) is 10.2. The first-order valence-electron chi connectivity index (χ1n) is 5.98. The number of imidazole rings is 1. The van der Waals surface area contributed by atoms with E-state index in [1.54, 1.807) is 11.3 Å². The molecule has 0 aliphatic heterocycles. The van der Waals surface area contributed by atoms with E-state index in [0.717, 1.165) is 26.7 Å². The summed E-state index contributed by atoms with van der Waals surface area (Å²) < 4.78 is 2.81. The molecule has 0 amide bonds. The highest BCUT2D eigenvalue weighted by atomic mass is 32.1. The maximum absolute atomic E-state index is 5.36. The van der Waals surface area contributed by atoms with E-state index in [0.29, 0.717) is 6.54 Å². The number of benzene rings is 1. The second-order valence-electron chi connectivity index (χ2n) is 4.29. The van der Waals surface area contributed by atoms with Gasteiger partial charge >= 0.3 is 0 Å². The highest BCUT2D eigenvalue weighted by molar-refractivity contribution is 7.71. The van der Waals surface area contributed by atoms with Gasteiger partial charge in [-0.1, -0.05) is 30.3 Å². The molecule has 2 aromatic heterocycles. The molecule has 1 aromatic carbocycles. The minimum Gasteiger partial charge on any atom is -0.337 e. The molecule has 3 rings (SSSR count). The zero-order valence-corrected chi connectivity index (χ0v) is 12.1. The van der Waals surface area contributed by atoms with Crippen molar-refractivity contribution in [2.24, 2.45) is 0 Å². The summed E-state index contributed by atoms with van der Waals surface area (Å²) in [5.41, 5.74) is 3.30. The Morgan fingerprint density at radius 1 is 1.32 bits per heavy atom. The number of aromatic nitrogens is 3. The van der Waals surface area contributed by atoms with E-state index in [9.17, 15) is 0 Å². The van der Waals surface area contributed by atoms with Crippen LogP contribution in [-0.2, 0) is 6.54 Å². The minimum atomic E-state index is 0.705. The van der Waals surface area contributed by atoms with Gasteiger partial charge < -0.3 is 9.55 Å². The van der Waals surface area contributed by atoms with Crippen LogP contribution in [0.3, 0.4) is 0 Å². The Labute approximate surface area is 120 Å². The van der Waals surface area contributed by atoms with E-state index in [-0.39, 0.29) is 0 Å². The van der Waals surface area contributed by atoms with Gasteiger partial charge in [-0.05, 0) is 24.7 Å². The van der Waals surface area contributed by atoms with Gasteiger partial charge in [0.2, 0.25) is 0 Å². The molecule has 0 saturated carbocycles. The van der Waals surface area contributed by atoms with Gasteiger partial charge in [-0.15, -0.1) is 11.3 Å². The lowest BCUT2D eigenvalue weighted by molar-refractivity contribution is 0.771. The number of nitrogens with zero attached hydrogens (tertiary/aromatic N) is 2. The summed E-state index contributed by atoms with van der Waals surface area (Å²) in [5.74, 6) is 0. The molecule has 2 heterocycles. The van der Waals surface area contributed by atoms with Crippen molar-refractivity contribution in [1.29, 1.82) is 0 Å². The van der Waals surface area contributed by atoms with E-state index >= 15 is 0 Å². The maximum atomic E-state index is 5.36. The average molecular weight is 287 g/mol. The van der Waals surface area contributed by atoms with Crippen LogP contribution < -0.4 is 0 Å². The Bertz CT molecular complexity index is 737. The molecule has 3 aromatic rings. The Balaban J connectivity index is 2.02. The van der Waals surface area contributed by atoms with Crippen LogP contribution in [0, 0.1) is 11.7 Å². The number of hydrogen-bond donors (Lipinski definition) is 1. The Morgan fingerprint density at radius 3 is 2.79 bits per heavy atom. The fourth-order valence-corrected chi connectivity index (χ4v) is 2.87. The van der Waals surface area contributed by atoms with Crippen LogP contribution >= 0.6 is 23.6 Å². The Morgan fingerprint density at radius 2 is 2.11 bits per heavy atom. The van der Waals surface area contributed by atoms with Crippen LogP contribution in [0.25, 0.3) is 11.3 Å². The maximum Gasteiger partial charge on any atom is 0.177 e. The molecule has 0 saturated heterocycles. The standard InChI is InChI=1S/C14H13N3S2/c1-10-16-12(9-19-10)8-17-13(7-15-14(17)18)11-5-3-2-4-6-11/h2-7,9H,8H2,1H3,(H,15,18). The monoisotopic (exact) mass is 287 g/mol. The summed E-state index contributed by atoms with van der Waals surface area (Å²) in [7, 11) is 0. The third kappa shape index (κ3) is 2.52. The highest BCUT2D eigenvalue weighted by Crippen LogP contribution is 2.21. The number of nitrogens with one attached hydrogen (secondary N) is 1. The lowest BCUT2D eigenvalue weighted by atomic mass is 10.2. The molecule has 96 valence electrons. The van der Waals surface area contributed by atoms with Crippen molar-refractivity contribution in [3.8, 4) is 11.3 Å². The van der Waals surface area contributed by atoms with Gasteiger partial charge in [-0.3, -0.25) is 0 Å². The van der Waals surface area contributed by atoms with E-state index in [2.05, 4.69) is 32.0 Å². The van der Waals surface area contributed by atoms with Gasteiger partial charge in [0.1, 0.15) is 0 Å². The third-order valence-electron chi connectivity index (χ3n) is 2.92. The largest absolute Gasteiger partial charge is 0.337 e. The summed E-state index contributed by atoms with van der Waals surface area (Å²) in [5, 5.41) is 3.16. The lowest BCUT2D eigenvalue weighted by Crippen LogP contribution is -2.02. The number of thiazole rings is 1. The number of hydrogen-bond acceptors (Lipinski definition) is 3. The van der Waals surface area contributed by atoms with Crippen LogP contribution in [0.15, 0.2) is 41.9 Å². The molecular formula is C14H13N3S2. The lowest BCUT2D eigenvalue weighted by Gasteiger charge is -2.06. The third-order valence-corrected chi connectivity index (χ3v) is 4.09. The Hall–Kier alpha value is -1.72. The van der Waals surface area contributed by atoms with Gasteiger partial charge in [-0.25, -0.2) is 4.98 Å². The molecule has 0 aliphatic carbocycles. The number of H-pyrrole nitrogens is 1. The SMILES string of the molecule is Cc1nc(Cn2c(-c3ccccc3)c[nH]c2=S)cs1. The molecule has 0 bridgehead atoms. The van der Waals surface area contributed by atoms with Crippen LogP contribution in [0.5, 0.6) is 0 Å². The fourth-order valence-electron chi connectivity index (χ4n) is 2.04. The summed E-state index contributed by atoms with van der Waals surface area (Å²) >= 11 is 7.03. The van der Waals surface area contributed by atoms with E-state index in [4.69, 9.17) is 12.2 Å². The normalized spacial score (nSPS) is 10.8. The van der Waals surface area contributed by atoms with E-state index in [1.165, 1.54) is 0 Å². The molecule has 19 heavy (non-hydrogen) atoms. The van der Waals surface area contributed by atoms with Gasteiger partial charge in [0.25, 0.3) is 0 Å². The molecule has 0 atom stereocenters. The van der Waals surface area contributed by atoms with Gasteiger partial charge in [0, 0.05) is 11.6 Å². The zero-order chi connectivity index (χ0) is 13.2. The number of rotatable bonds is 3. The van der Waals surface area contributed by atoms with Gasteiger partial charge in [-0.2, -0.15) is 0 Å². The number of aryl methyl sites for hydroxylation is 1. The molecule has 0 aliphatic rings. The first kappa shape index (κ1) is 12.3. The van der Waals surface area contributed by atoms with Crippen molar-refractivity contribution < 1.29 is 0 Å². The quantitative estimate of drug-likeness (QED) is 0.738. The van der Waals surface area contributed by atoms with Crippen LogP contribution in [0.4, 0.5) is 0 Å². The molecule has 0 spiro atoms. The smallest absolute Gasteiger partial charge is 0.177 e. The summed E-state index contributed by atoms with van der Waals surface area (Å²) in [6.07, 6.45) is 1.96. The minimum absolute atomic E-state index is 0.705. The topological polar surface area (TPSA) is 33.6 Å². The zero-order valence-electron chi connectivity index (χ0n) is 10.5. The van der Waals surface area contributed by atoms with Crippen molar-refractivity contribution in [2.45, 2.75) is 13.5 Å². The predicted molar refractivity (Wildman–Crippen MR) is 81.0 cm³/mol. The average Bonchev–Trinajstić information content (AvgIpc) is 2.99. The molecule has 3 nitrogen and oxygen atoms in total. The van der Waals surface area contributed by atoms with Crippen molar-refractivity contribution in [1.82, 2.24) is 14.5 Å².